The molecule has 0 saturated heterocycles. The highest BCUT2D eigenvalue weighted by Gasteiger charge is 2.10. The first-order chi connectivity index (χ1) is 7.79. The van der Waals surface area contributed by atoms with Crippen LogP contribution in [0.25, 0.3) is 0 Å². The summed E-state index contributed by atoms with van der Waals surface area (Å²) < 4.78 is 5.42. The van der Waals surface area contributed by atoms with Crippen LogP contribution in [-0.4, -0.2) is 5.78 Å². The molecule has 0 spiro atoms. The average Bonchev–Trinajstić information content (AvgIpc) is 2.96. The molecule has 3 heteroatoms. The van der Waals surface area contributed by atoms with E-state index in [0.29, 0.717) is 12.2 Å². The van der Waals surface area contributed by atoms with Gasteiger partial charge in [0.05, 0.1) is 0 Å². The molecule has 2 nitrogen and oxygen atoms in total. The summed E-state index contributed by atoms with van der Waals surface area (Å²) in [4.78, 5) is 13.0. The van der Waals surface area contributed by atoms with E-state index in [4.69, 9.17) is 4.42 Å². The molecule has 2 aromatic rings. The zero-order valence-corrected chi connectivity index (χ0v) is 10.0. The third-order valence-corrected chi connectivity index (χ3v) is 3.40. The smallest absolute Gasteiger partial charge is 0.198 e. The average molecular weight is 234 g/mol. The van der Waals surface area contributed by atoms with E-state index in [-0.39, 0.29) is 5.78 Å². The van der Waals surface area contributed by atoms with Crippen LogP contribution in [0.1, 0.15) is 34.5 Å². The second-order valence-corrected chi connectivity index (χ2v) is 4.65. The molecule has 0 aliphatic heterocycles. The first-order valence-electron chi connectivity index (χ1n) is 5.44. The van der Waals surface area contributed by atoms with E-state index in [2.05, 4.69) is 6.07 Å². The lowest BCUT2D eigenvalue weighted by Crippen LogP contribution is -1.98. The Morgan fingerprint density at radius 1 is 1.38 bits per heavy atom. The van der Waals surface area contributed by atoms with E-state index in [1.807, 2.05) is 24.4 Å². The molecule has 0 aliphatic rings. The van der Waals surface area contributed by atoms with Crippen LogP contribution in [0.5, 0.6) is 0 Å². The van der Waals surface area contributed by atoms with Gasteiger partial charge in [0.2, 0.25) is 0 Å². The molecule has 2 rings (SSSR count). The predicted octanol–water partition coefficient (Wildman–Crippen LogP) is 3.72. The highest BCUT2D eigenvalue weighted by atomic mass is 32.1. The largest absolute Gasteiger partial charge is 0.458 e. The van der Waals surface area contributed by atoms with Crippen LogP contribution >= 0.6 is 11.3 Å². The Hall–Kier alpha value is -1.35. The van der Waals surface area contributed by atoms with Gasteiger partial charge in [0, 0.05) is 17.7 Å². The van der Waals surface area contributed by atoms with E-state index in [9.17, 15) is 4.79 Å². The van der Waals surface area contributed by atoms with Gasteiger partial charge in [-0.05, 0) is 30.0 Å². The fourth-order valence-corrected chi connectivity index (χ4v) is 2.24. The molecule has 0 N–H and O–H groups in total. The third kappa shape index (κ3) is 2.61. The standard InChI is InChI=1S/C13H14O2S/c1-2-10-5-8-13(15-10)12(14)7-6-11-4-3-9-16-11/h3-5,8-9H,2,6-7H2,1H3. The van der Waals surface area contributed by atoms with Crippen LogP contribution in [0.15, 0.2) is 34.1 Å². The number of hydrogen-bond donors (Lipinski definition) is 0. The van der Waals surface area contributed by atoms with Crippen LogP contribution in [-0.2, 0) is 12.8 Å². The van der Waals surface area contributed by atoms with Gasteiger partial charge in [-0.2, -0.15) is 0 Å². The molecule has 84 valence electrons. The van der Waals surface area contributed by atoms with E-state index in [1.165, 1.54) is 4.88 Å². The quantitative estimate of drug-likeness (QED) is 0.738. The number of carbonyl (C=O) groups excluding carboxylic acids is 1. The minimum absolute atomic E-state index is 0.0908. The third-order valence-electron chi connectivity index (χ3n) is 2.46. The Balaban J connectivity index is 1.93. The van der Waals surface area contributed by atoms with Crippen LogP contribution in [0, 0.1) is 0 Å². The van der Waals surface area contributed by atoms with Gasteiger partial charge in [-0.25, -0.2) is 0 Å². The summed E-state index contributed by atoms with van der Waals surface area (Å²) in [5.41, 5.74) is 0. The molecule has 16 heavy (non-hydrogen) atoms. The molecule has 0 saturated carbocycles. The molecule has 0 unspecified atom stereocenters. The minimum Gasteiger partial charge on any atom is -0.458 e. The van der Waals surface area contributed by atoms with E-state index < -0.39 is 0 Å². The van der Waals surface area contributed by atoms with Gasteiger partial charge in [-0.3, -0.25) is 4.79 Å². The number of furan rings is 1. The number of hydrogen-bond acceptors (Lipinski definition) is 3. The van der Waals surface area contributed by atoms with Gasteiger partial charge in [-0.1, -0.05) is 13.0 Å². The Labute approximate surface area is 98.9 Å². The number of ketones is 1. The van der Waals surface area contributed by atoms with Gasteiger partial charge in [0.25, 0.3) is 0 Å². The molecule has 0 amide bonds. The van der Waals surface area contributed by atoms with E-state index in [1.54, 1.807) is 17.4 Å². The fourth-order valence-electron chi connectivity index (χ4n) is 1.53. The summed E-state index contributed by atoms with van der Waals surface area (Å²) in [5, 5.41) is 2.03. The number of Topliss-reactive ketones (excluding diaryl/α,β-unsaturated/α-hetero) is 1. The lowest BCUT2D eigenvalue weighted by molar-refractivity contribution is 0.0954. The SMILES string of the molecule is CCc1ccc(C(=O)CCc2cccs2)o1. The second kappa shape index (κ2) is 5.12. The van der Waals surface area contributed by atoms with Gasteiger partial charge in [0.15, 0.2) is 11.5 Å². The molecule has 2 aromatic heterocycles. The zero-order valence-electron chi connectivity index (χ0n) is 9.23. The number of carbonyl (C=O) groups is 1. The first-order valence-corrected chi connectivity index (χ1v) is 6.32. The van der Waals surface area contributed by atoms with Gasteiger partial charge in [0.1, 0.15) is 5.76 Å². The maximum Gasteiger partial charge on any atom is 0.198 e. The van der Waals surface area contributed by atoms with Crippen molar-refractivity contribution >= 4 is 17.1 Å². The maximum absolute atomic E-state index is 11.8. The summed E-state index contributed by atoms with van der Waals surface area (Å²) in [6.45, 7) is 2.01. The summed E-state index contributed by atoms with van der Waals surface area (Å²) in [6, 6.07) is 7.71. The van der Waals surface area contributed by atoms with Gasteiger partial charge < -0.3 is 4.42 Å². The molecule has 0 atom stereocenters. The normalized spacial score (nSPS) is 10.6. The molecular weight excluding hydrogens is 220 g/mol. The Kier molecular flexibility index (Phi) is 3.57. The van der Waals surface area contributed by atoms with Crippen molar-refractivity contribution in [3.05, 3.63) is 46.0 Å². The van der Waals surface area contributed by atoms with Crippen molar-refractivity contribution in [2.75, 3.05) is 0 Å². The van der Waals surface area contributed by atoms with Crippen LogP contribution in [0.2, 0.25) is 0 Å². The van der Waals surface area contributed by atoms with Crippen molar-refractivity contribution in [1.29, 1.82) is 0 Å². The lowest BCUT2D eigenvalue weighted by atomic mass is 10.1. The molecule has 0 aromatic carbocycles. The topological polar surface area (TPSA) is 30.2 Å². The zero-order chi connectivity index (χ0) is 11.4. The summed E-state index contributed by atoms with van der Waals surface area (Å²) in [6.07, 6.45) is 2.16. The van der Waals surface area contributed by atoms with Gasteiger partial charge in [-0.15, -0.1) is 11.3 Å². The first kappa shape index (κ1) is 11.1. The van der Waals surface area contributed by atoms with Crippen molar-refractivity contribution in [1.82, 2.24) is 0 Å². The Bertz CT molecular complexity index is 454. The predicted molar refractivity (Wildman–Crippen MR) is 65.1 cm³/mol. The lowest BCUT2D eigenvalue weighted by Gasteiger charge is -1.96. The Morgan fingerprint density at radius 3 is 2.88 bits per heavy atom. The molecular formula is C13H14O2S. The second-order valence-electron chi connectivity index (χ2n) is 3.62. The van der Waals surface area contributed by atoms with Crippen molar-refractivity contribution in [3.8, 4) is 0 Å². The monoisotopic (exact) mass is 234 g/mol. The van der Waals surface area contributed by atoms with E-state index in [0.717, 1.165) is 18.6 Å². The summed E-state index contributed by atoms with van der Waals surface area (Å²) >= 11 is 1.69. The van der Waals surface area contributed by atoms with Crippen molar-refractivity contribution in [2.24, 2.45) is 0 Å². The molecule has 0 radical (unpaired) electrons. The number of rotatable bonds is 5. The highest BCUT2D eigenvalue weighted by Crippen LogP contribution is 2.15. The molecule has 0 fully saturated rings. The minimum atomic E-state index is 0.0908. The van der Waals surface area contributed by atoms with Crippen molar-refractivity contribution in [2.45, 2.75) is 26.2 Å². The van der Waals surface area contributed by atoms with E-state index >= 15 is 0 Å². The van der Waals surface area contributed by atoms with Crippen molar-refractivity contribution < 1.29 is 9.21 Å². The molecule has 0 aliphatic carbocycles. The van der Waals surface area contributed by atoms with Gasteiger partial charge >= 0.3 is 0 Å². The molecule has 2 heterocycles. The van der Waals surface area contributed by atoms with Crippen LogP contribution in [0.3, 0.4) is 0 Å². The molecule has 0 bridgehead atoms. The summed E-state index contributed by atoms with van der Waals surface area (Å²) in [7, 11) is 0. The highest BCUT2D eigenvalue weighted by molar-refractivity contribution is 7.09. The summed E-state index contributed by atoms with van der Waals surface area (Å²) in [5.74, 6) is 1.46. The fraction of sp³-hybridized carbons (Fsp3) is 0.308. The number of aryl methyl sites for hydroxylation is 2. The van der Waals surface area contributed by atoms with Crippen LogP contribution in [0.4, 0.5) is 0 Å². The number of thiophene rings is 1. The van der Waals surface area contributed by atoms with Crippen molar-refractivity contribution in [3.63, 3.8) is 0 Å². The maximum atomic E-state index is 11.8. The Morgan fingerprint density at radius 2 is 2.25 bits per heavy atom. The van der Waals surface area contributed by atoms with Crippen LogP contribution < -0.4 is 0 Å².